The summed E-state index contributed by atoms with van der Waals surface area (Å²) in [6.07, 6.45) is 0. The van der Waals surface area contributed by atoms with Gasteiger partial charge < -0.3 is 16.5 Å². The Balaban J connectivity index is 2.39. The first-order valence-corrected chi connectivity index (χ1v) is 6.44. The summed E-state index contributed by atoms with van der Waals surface area (Å²) in [5.41, 5.74) is 11.3. The molecule has 0 saturated heterocycles. The third-order valence-electron chi connectivity index (χ3n) is 2.64. The summed E-state index contributed by atoms with van der Waals surface area (Å²) >= 11 is 3.47. The van der Waals surface area contributed by atoms with Crippen LogP contribution >= 0.6 is 15.9 Å². The Labute approximate surface area is 119 Å². The number of halogens is 1. The molecule has 1 aromatic carbocycles. The number of anilines is 4. The van der Waals surface area contributed by atoms with Gasteiger partial charge in [-0.15, -0.1) is 0 Å². The molecule has 0 bridgehead atoms. The summed E-state index contributed by atoms with van der Waals surface area (Å²) in [6, 6.07) is 5.75. The zero-order chi connectivity index (χ0) is 14.0. The van der Waals surface area contributed by atoms with Crippen molar-refractivity contribution in [2.75, 3.05) is 16.5 Å². The average Bonchev–Trinajstić information content (AvgIpc) is 2.33. The number of aryl methyl sites for hydroxylation is 2. The van der Waals surface area contributed by atoms with Crippen LogP contribution in [-0.2, 0) is 0 Å². The quantitative estimate of drug-likeness (QED) is 0.511. The van der Waals surface area contributed by atoms with E-state index in [1.54, 1.807) is 6.07 Å². The highest BCUT2D eigenvalue weighted by molar-refractivity contribution is 9.10. The Hall–Kier alpha value is -1.86. The fourth-order valence-corrected chi connectivity index (χ4v) is 2.53. The first kappa shape index (κ1) is 13.6. The van der Waals surface area contributed by atoms with Crippen LogP contribution in [0.5, 0.6) is 0 Å². The molecule has 0 atom stereocenters. The molecule has 19 heavy (non-hydrogen) atoms. The fraction of sp³-hybridized carbons (Fsp3) is 0.167. The topological polar surface area (TPSA) is 102 Å². The molecule has 0 aliphatic rings. The van der Waals surface area contributed by atoms with E-state index in [1.807, 2.05) is 26.0 Å². The molecule has 0 aliphatic carbocycles. The lowest BCUT2D eigenvalue weighted by molar-refractivity contribution is 1.15. The number of nitrogens with two attached hydrogens (primary N) is 2. The summed E-state index contributed by atoms with van der Waals surface area (Å²) < 4.78 is 1.04. The predicted octanol–water partition coefficient (Wildman–Crippen LogP) is 2.47. The van der Waals surface area contributed by atoms with Gasteiger partial charge in [-0.1, -0.05) is 15.9 Å². The van der Waals surface area contributed by atoms with Crippen LogP contribution in [0.15, 0.2) is 22.7 Å². The van der Waals surface area contributed by atoms with E-state index in [4.69, 9.17) is 11.6 Å². The van der Waals surface area contributed by atoms with E-state index >= 15 is 0 Å². The lowest BCUT2D eigenvalue weighted by atomic mass is 10.1. The SMILES string of the molecule is Cc1cc(Br)cc(C)c1Nc1cc(NN)nc(N)n1. The van der Waals surface area contributed by atoms with Crippen LogP contribution in [0.3, 0.4) is 0 Å². The van der Waals surface area contributed by atoms with E-state index in [0.29, 0.717) is 11.6 Å². The molecule has 0 aliphatic heterocycles. The van der Waals surface area contributed by atoms with Gasteiger partial charge in [-0.25, -0.2) is 5.84 Å². The number of aromatic nitrogens is 2. The number of nitrogens with one attached hydrogen (secondary N) is 2. The molecule has 6 nitrogen and oxygen atoms in total. The van der Waals surface area contributed by atoms with Gasteiger partial charge in [0.25, 0.3) is 0 Å². The van der Waals surface area contributed by atoms with Gasteiger partial charge >= 0.3 is 0 Å². The van der Waals surface area contributed by atoms with Crippen molar-refractivity contribution in [1.29, 1.82) is 0 Å². The first-order chi connectivity index (χ1) is 8.99. The maximum absolute atomic E-state index is 5.62. The highest BCUT2D eigenvalue weighted by Crippen LogP contribution is 2.28. The number of rotatable bonds is 3. The van der Waals surface area contributed by atoms with E-state index in [1.165, 1.54) is 0 Å². The number of hydrazine groups is 1. The minimum atomic E-state index is 0.158. The van der Waals surface area contributed by atoms with Gasteiger partial charge in [0, 0.05) is 16.2 Å². The molecular formula is C12H15BrN6. The Kier molecular flexibility index (Phi) is 3.87. The van der Waals surface area contributed by atoms with Crippen molar-refractivity contribution in [3.63, 3.8) is 0 Å². The van der Waals surface area contributed by atoms with E-state index < -0.39 is 0 Å². The molecule has 0 amide bonds. The molecule has 0 spiro atoms. The number of nitrogen functional groups attached to an aromatic ring is 2. The molecule has 1 aromatic heterocycles. The molecule has 6 N–H and O–H groups in total. The van der Waals surface area contributed by atoms with Gasteiger partial charge in [0.05, 0.1) is 0 Å². The molecule has 100 valence electrons. The van der Waals surface area contributed by atoms with Gasteiger partial charge in [-0.05, 0) is 37.1 Å². The van der Waals surface area contributed by atoms with Crippen molar-refractivity contribution < 1.29 is 0 Å². The Morgan fingerprint density at radius 3 is 2.21 bits per heavy atom. The summed E-state index contributed by atoms with van der Waals surface area (Å²) in [6.45, 7) is 4.04. The Morgan fingerprint density at radius 2 is 1.63 bits per heavy atom. The molecular weight excluding hydrogens is 308 g/mol. The van der Waals surface area contributed by atoms with Crippen LogP contribution in [-0.4, -0.2) is 9.97 Å². The van der Waals surface area contributed by atoms with E-state index in [9.17, 15) is 0 Å². The van der Waals surface area contributed by atoms with Gasteiger partial charge in [0.15, 0.2) is 0 Å². The third kappa shape index (κ3) is 3.12. The second kappa shape index (κ2) is 5.41. The summed E-state index contributed by atoms with van der Waals surface area (Å²) in [4.78, 5) is 8.07. The number of benzene rings is 1. The van der Waals surface area contributed by atoms with Crippen LogP contribution in [0, 0.1) is 13.8 Å². The second-order valence-electron chi connectivity index (χ2n) is 4.18. The largest absolute Gasteiger partial charge is 0.368 e. The summed E-state index contributed by atoms with van der Waals surface area (Å²) in [5.74, 6) is 6.54. The van der Waals surface area contributed by atoms with Crippen LogP contribution < -0.4 is 22.3 Å². The Morgan fingerprint density at radius 1 is 1.05 bits per heavy atom. The third-order valence-corrected chi connectivity index (χ3v) is 3.10. The zero-order valence-corrected chi connectivity index (χ0v) is 12.2. The molecule has 0 fully saturated rings. The minimum absolute atomic E-state index is 0.158. The maximum atomic E-state index is 5.62. The van der Waals surface area contributed by atoms with Crippen LogP contribution in [0.4, 0.5) is 23.3 Å². The summed E-state index contributed by atoms with van der Waals surface area (Å²) in [7, 11) is 0. The molecule has 0 saturated carbocycles. The van der Waals surface area contributed by atoms with E-state index in [-0.39, 0.29) is 5.95 Å². The van der Waals surface area contributed by atoms with Gasteiger partial charge in [0.2, 0.25) is 5.95 Å². The molecule has 1 heterocycles. The lowest BCUT2D eigenvalue weighted by Crippen LogP contribution is -2.11. The normalized spacial score (nSPS) is 10.3. The minimum Gasteiger partial charge on any atom is -0.368 e. The van der Waals surface area contributed by atoms with Crippen molar-refractivity contribution in [2.45, 2.75) is 13.8 Å². The average molecular weight is 323 g/mol. The standard InChI is InChI=1S/C12H15BrN6/c1-6-3-8(13)4-7(2)11(6)16-9-5-10(19-15)18-12(14)17-9/h3-5H,15H2,1-2H3,(H4,14,16,17,18,19). The fourth-order valence-electron chi connectivity index (χ4n) is 1.84. The summed E-state index contributed by atoms with van der Waals surface area (Å²) in [5, 5.41) is 3.24. The molecule has 2 rings (SSSR count). The molecule has 0 unspecified atom stereocenters. The van der Waals surface area contributed by atoms with E-state index in [0.717, 1.165) is 21.3 Å². The van der Waals surface area contributed by atoms with Gasteiger partial charge in [-0.3, -0.25) is 0 Å². The number of nitrogens with zero attached hydrogens (tertiary/aromatic N) is 2. The maximum Gasteiger partial charge on any atom is 0.223 e. The van der Waals surface area contributed by atoms with Gasteiger partial charge in [0.1, 0.15) is 11.6 Å². The molecule has 7 heteroatoms. The van der Waals surface area contributed by atoms with Gasteiger partial charge in [-0.2, -0.15) is 9.97 Å². The van der Waals surface area contributed by atoms with E-state index in [2.05, 4.69) is 36.6 Å². The highest BCUT2D eigenvalue weighted by atomic mass is 79.9. The molecule has 0 radical (unpaired) electrons. The Bertz CT molecular complexity index is 590. The number of hydrogen-bond acceptors (Lipinski definition) is 6. The van der Waals surface area contributed by atoms with Crippen LogP contribution in [0.25, 0.3) is 0 Å². The second-order valence-corrected chi connectivity index (χ2v) is 5.10. The van der Waals surface area contributed by atoms with Crippen LogP contribution in [0.1, 0.15) is 11.1 Å². The zero-order valence-electron chi connectivity index (χ0n) is 10.7. The predicted molar refractivity (Wildman–Crippen MR) is 81.2 cm³/mol. The first-order valence-electron chi connectivity index (χ1n) is 5.64. The smallest absolute Gasteiger partial charge is 0.223 e. The van der Waals surface area contributed by atoms with Crippen molar-refractivity contribution in [3.05, 3.63) is 33.8 Å². The molecule has 2 aromatic rings. The lowest BCUT2D eigenvalue weighted by Gasteiger charge is -2.13. The monoisotopic (exact) mass is 322 g/mol. The van der Waals surface area contributed by atoms with Crippen molar-refractivity contribution in [3.8, 4) is 0 Å². The van der Waals surface area contributed by atoms with Crippen molar-refractivity contribution >= 4 is 39.2 Å². The van der Waals surface area contributed by atoms with Crippen molar-refractivity contribution in [2.24, 2.45) is 5.84 Å². The van der Waals surface area contributed by atoms with Crippen molar-refractivity contribution in [1.82, 2.24) is 9.97 Å². The highest BCUT2D eigenvalue weighted by Gasteiger charge is 2.07. The van der Waals surface area contributed by atoms with Crippen LogP contribution in [0.2, 0.25) is 0 Å². The number of hydrogen-bond donors (Lipinski definition) is 4.